The van der Waals surface area contributed by atoms with Gasteiger partial charge in [-0.15, -0.1) is 5.10 Å². The van der Waals surface area contributed by atoms with E-state index in [0.29, 0.717) is 29.5 Å². The van der Waals surface area contributed by atoms with E-state index in [1.807, 2.05) is 24.3 Å². The summed E-state index contributed by atoms with van der Waals surface area (Å²) in [5.41, 5.74) is 1.86. The smallest absolute Gasteiger partial charge is 0.227 e. The number of benzene rings is 1. The molecule has 8 nitrogen and oxygen atoms in total. The van der Waals surface area contributed by atoms with Gasteiger partial charge in [0.05, 0.1) is 6.10 Å². The highest BCUT2D eigenvalue weighted by Crippen LogP contribution is 2.23. The SMILES string of the molecule is CC(O)CNc1nc(Nc2ccc(Br)cc2)c2n[nH]nc2n1. The first-order valence-electron chi connectivity index (χ1n) is 6.65. The zero-order valence-electron chi connectivity index (χ0n) is 11.7. The van der Waals surface area contributed by atoms with Crippen LogP contribution in [-0.2, 0) is 0 Å². The van der Waals surface area contributed by atoms with Gasteiger partial charge in [0.2, 0.25) is 11.6 Å². The van der Waals surface area contributed by atoms with Gasteiger partial charge in [-0.1, -0.05) is 15.9 Å². The fourth-order valence-corrected chi connectivity index (χ4v) is 2.09. The predicted octanol–water partition coefficient (Wildman–Crippen LogP) is 2.05. The molecule has 1 atom stereocenters. The van der Waals surface area contributed by atoms with E-state index in [1.54, 1.807) is 6.92 Å². The second-order valence-corrected chi connectivity index (χ2v) is 5.67. The molecule has 2 aromatic heterocycles. The molecule has 0 fully saturated rings. The normalized spacial score (nSPS) is 12.3. The summed E-state index contributed by atoms with van der Waals surface area (Å²) < 4.78 is 0.992. The van der Waals surface area contributed by atoms with Crippen LogP contribution in [0.1, 0.15) is 6.92 Å². The third-order valence-electron chi connectivity index (χ3n) is 2.85. The molecule has 0 spiro atoms. The molecule has 0 aliphatic rings. The van der Waals surface area contributed by atoms with Crippen molar-refractivity contribution in [2.75, 3.05) is 17.2 Å². The fraction of sp³-hybridized carbons (Fsp3) is 0.231. The number of aromatic amines is 1. The van der Waals surface area contributed by atoms with Gasteiger partial charge in [-0.05, 0) is 31.2 Å². The van der Waals surface area contributed by atoms with E-state index in [-0.39, 0.29) is 0 Å². The zero-order chi connectivity index (χ0) is 15.5. The molecule has 3 aromatic rings. The number of H-pyrrole nitrogens is 1. The summed E-state index contributed by atoms with van der Waals surface area (Å²) in [4.78, 5) is 8.62. The van der Waals surface area contributed by atoms with Crippen LogP contribution in [0.2, 0.25) is 0 Å². The number of fused-ring (bicyclic) bond motifs is 1. The molecule has 9 heteroatoms. The third kappa shape index (κ3) is 3.31. The maximum atomic E-state index is 9.35. The molecule has 1 aromatic carbocycles. The van der Waals surface area contributed by atoms with Crippen LogP contribution in [0, 0.1) is 0 Å². The first-order chi connectivity index (χ1) is 10.6. The van der Waals surface area contributed by atoms with Crippen molar-refractivity contribution in [3.63, 3.8) is 0 Å². The Morgan fingerprint density at radius 3 is 2.73 bits per heavy atom. The Morgan fingerprint density at radius 2 is 2.00 bits per heavy atom. The van der Waals surface area contributed by atoms with E-state index >= 15 is 0 Å². The highest BCUT2D eigenvalue weighted by atomic mass is 79.9. The summed E-state index contributed by atoms with van der Waals surface area (Å²) in [6.45, 7) is 2.03. The highest BCUT2D eigenvalue weighted by molar-refractivity contribution is 9.10. The van der Waals surface area contributed by atoms with E-state index in [2.05, 4.69) is 51.9 Å². The minimum atomic E-state index is -0.500. The summed E-state index contributed by atoms with van der Waals surface area (Å²) in [6, 6.07) is 7.69. The minimum absolute atomic E-state index is 0.348. The number of anilines is 3. The molecule has 1 unspecified atom stereocenters. The summed E-state index contributed by atoms with van der Waals surface area (Å²) in [7, 11) is 0. The maximum Gasteiger partial charge on any atom is 0.227 e. The van der Waals surface area contributed by atoms with Gasteiger partial charge in [-0.2, -0.15) is 20.3 Å². The van der Waals surface area contributed by atoms with Crippen LogP contribution in [0.5, 0.6) is 0 Å². The lowest BCUT2D eigenvalue weighted by molar-refractivity contribution is 0.208. The van der Waals surface area contributed by atoms with Gasteiger partial charge in [0, 0.05) is 16.7 Å². The number of nitrogens with one attached hydrogen (secondary N) is 3. The second-order valence-electron chi connectivity index (χ2n) is 4.75. The number of hydrogen-bond acceptors (Lipinski definition) is 7. The zero-order valence-corrected chi connectivity index (χ0v) is 13.3. The molecule has 0 aliphatic heterocycles. The number of halogens is 1. The van der Waals surface area contributed by atoms with E-state index in [9.17, 15) is 5.11 Å². The van der Waals surface area contributed by atoms with Crippen LogP contribution < -0.4 is 10.6 Å². The van der Waals surface area contributed by atoms with Crippen molar-refractivity contribution < 1.29 is 5.11 Å². The van der Waals surface area contributed by atoms with Crippen LogP contribution in [0.3, 0.4) is 0 Å². The maximum absolute atomic E-state index is 9.35. The largest absolute Gasteiger partial charge is 0.392 e. The summed E-state index contributed by atoms with van der Waals surface area (Å²) in [5, 5.41) is 26.1. The third-order valence-corrected chi connectivity index (χ3v) is 3.37. The molecule has 4 N–H and O–H groups in total. The molecule has 22 heavy (non-hydrogen) atoms. The lowest BCUT2D eigenvalue weighted by Gasteiger charge is -2.10. The van der Waals surface area contributed by atoms with Crippen LogP contribution in [0.4, 0.5) is 17.5 Å². The Hall–Kier alpha value is -2.26. The average Bonchev–Trinajstić information content (AvgIpc) is 2.96. The predicted molar refractivity (Wildman–Crippen MR) is 87.1 cm³/mol. The standard InChI is InChI=1S/C13H14BrN7O/c1-7(22)6-15-13-17-11(10-12(18-13)20-21-19-10)16-9-4-2-8(14)3-5-9/h2-5,7,22H,6H2,1H3,(H3,15,16,17,18,19,20,21). The number of aliphatic hydroxyl groups is 1. The van der Waals surface area contributed by atoms with E-state index in [0.717, 1.165) is 10.2 Å². The van der Waals surface area contributed by atoms with Crippen LogP contribution in [0.25, 0.3) is 11.2 Å². The molecule has 0 saturated carbocycles. The lowest BCUT2D eigenvalue weighted by atomic mass is 10.3. The molecule has 3 rings (SSSR count). The van der Waals surface area contributed by atoms with Crippen molar-refractivity contribution in [3.8, 4) is 0 Å². The van der Waals surface area contributed by atoms with Crippen molar-refractivity contribution >= 4 is 44.5 Å². The van der Waals surface area contributed by atoms with Crippen LogP contribution >= 0.6 is 15.9 Å². The fourth-order valence-electron chi connectivity index (χ4n) is 1.82. The minimum Gasteiger partial charge on any atom is -0.392 e. The van der Waals surface area contributed by atoms with Gasteiger partial charge in [-0.3, -0.25) is 0 Å². The average molecular weight is 364 g/mol. The Kier molecular flexibility index (Phi) is 4.16. The van der Waals surface area contributed by atoms with Gasteiger partial charge in [0.15, 0.2) is 11.3 Å². The number of rotatable bonds is 5. The molecular formula is C13H14BrN7O. The van der Waals surface area contributed by atoms with Gasteiger partial charge in [-0.25, -0.2) is 0 Å². The van der Waals surface area contributed by atoms with Crippen molar-refractivity contribution in [3.05, 3.63) is 28.7 Å². The van der Waals surface area contributed by atoms with Crippen LogP contribution in [-0.4, -0.2) is 43.1 Å². The number of aromatic nitrogens is 5. The second kappa shape index (κ2) is 6.24. The van der Waals surface area contributed by atoms with E-state index in [1.165, 1.54) is 0 Å². The topological polar surface area (TPSA) is 112 Å². The summed E-state index contributed by atoms with van der Waals surface area (Å²) in [5.74, 6) is 0.913. The Morgan fingerprint density at radius 1 is 1.23 bits per heavy atom. The van der Waals surface area contributed by atoms with Gasteiger partial charge in [0.25, 0.3) is 0 Å². The molecular weight excluding hydrogens is 350 g/mol. The van der Waals surface area contributed by atoms with Gasteiger partial charge < -0.3 is 15.7 Å². The lowest BCUT2D eigenvalue weighted by Crippen LogP contribution is -2.17. The molecule has 0 bridgehead atoms. The van der Waals surface area contributed by atoms with Crippen molar-refractivity contribution in [1.29, 1.82) is 0 Å². The van der Waals surface area contributed by atoms with E-state index in [4.69, 9.17) is 0 Å². The molecule has 0 saturated heterocycles. The summed E-state index contributed by atoms with van der Waals surface area (Å²) in [6.07, 6.45) is -0.500. The Labute approximate surface area is 134 Å². The number of aliphatic hydroxyl groups excluding tert-OH is 1. The molecule has 0 radical (unpaired) electrons. The highest BCUT2D eigenvalue weighted by Gasteiger charge is 2.12. The first kappa shape index (κ1) is 14.7. The van der Waals surface area contributed by atoms with Crippen molar-refractivity contribution in [1.82, 2.24) is 25.4 Å². The Bertz CT molecular complexity index is 772. The van der Waals surface area contributed by atoms with Crippen molar-refractivity contribution in [2.24, 2.45) is 0 Å². The summed E-state index contributed by atoms with van der Waals surface area (Å²) >= 11 is 3.40. The van der Waals surface area contributed by atoms with Crippen LogP contribution in [0.15, 0.2) is 28.7 Å². The first-order valence-corrected chi connectivity index (χ1v) is 7.44. The molecule has 0 amide bonds. The molecule has 114 valence electrons. The van der Waals surface area contributed by atoms with Gasteiger partial charge >= 0.3 is 0 Å². The van der Waals surface area contributed by atoms with E-state index < -0.39 is 6.10 Å². The molecule has 2 heterocycles. The molecule has 0 aliphatic carbocycles. The quantitative estimate of drug-likeness (QED) is 0.548. The van der Waals surface area contributed by atoms with Gasteiger partial charge in [0.1, 0.15) is 0 Å². The number of nitrogens with zero attached hydrogens (tertiary/aromatic N) is 4. The van der Waals surface area contributed by atoms with Crippen molar-refractivity contribution in [2.45, 2.75) is 13.0 Å². The Balaban J connectivity index is 1.92. The number of hydrogen-bond donors (Lipinski definition) is 4. The monoisotopic (exact) mass is 363 g/mol.